The van der Waals surface area contributed by atoms with E-state index in [2.05, 4.69) is 36.1 Å². The summed E-state index contributed by atoms with van der Waals surface area (Å²) in [5, 5.41) is 10.9. The third-order valence-electron chi connectivity index (χ3n) is 5.59. The molecule has 2 atom stereocenters. The van der Waals surface area contributed by atoms with E-state index >= 15 is 0 Å². The fraction of sp³-hybridized carbons (Fsp3) is 0.647. The molecule has 2 fully saturated rings. The molecule has 1 aromatic rings. The average Bonchev–Trinajstić information content (AvgIpc) is 2.72. The van der Waals surface area contributed by atoms with Crippen LogP contribution in [0.2, 0.25) is 0 Å². The first-order chi connectivity index (χ1) is 9.18. The van der Waals surface area contributed by atoms with Gasteiger partial charge in [0.2, 0.25) is 0 Å². The summed E-state index contributed by atoms with van der Waals surface area (Å²) in [7, 11) is 0. The Bertz CT molecular complexity index is 461. The van der Waals surface area contributed by atoms with Gasteiger partial charge in [-0.05, 0) is 28.9 Å². The molecule has 2 heteroatoms. The number of benzene rings is 1. The van der Waals surface area contributed by atoms with Crippen molar-refractivity contribution in [2.75, 3.05) is 19.6 Å². The van der Waals surface area contributed by atoms with Gasteiger partial charge in [-0.1, -0.05) is 37.6 Å². The van der Waals surface area contributed by atoms with Gasteiger partial charge < -0.3 is 5.11 Å². The second-order valence-corrected chi connectivity index (χ2v) is 6.94. The average molecular weight is 257 g/mol. The monoisotopic (exact) mass is 257 g/mol. The van der Waals surface area contributed by atoms with Gasteiger partial charge in [0.05, 0.1) is 5.60 Å². The van der Waals surface area contributed by atoms with Gasteiger partial charge in [0.1, 0.15) is 0 Å². The highest BCUT2D eigenvalue weighted by molar-refractivity contribution is 5.35. The molecule has 1 N–H and O–H groups in total. The molecule has 0 bridgehead atoms. The molecule has 1 saturated heterocycles. The van der Waals surface area contributed by atoms with Crippen LogP contribution in [0.25, 0.3) is 0 Å². The van der Waals surface area contributed by atoms with Gasteiger partial charge in [0, 0.05) is 32.5 Å². The molecule has 0 aromatic heterocycles. The third-order valence-corrected chi connectivity index (χ3v) is 5.59. The Balaban J connectivity index is 1.40. The van der Waals surface area contributed by atoms with E-state index in [-0.39, 0.29) is 0 Å². The van der Waals surface area contributed by atoms with Crippen LogP contribution in [0.15, 0.2) is 24.3 Å². The van der Waals surface area contributed by atoms with Crippen molar-refractivity contribution >= 4 is 0 Å². The number of nitrogens with zero attached hydrogens (tertiary/aromatic N) is 1. The van der Waals surface area contributed by atoms with E-state index in [9.17, 15) is 5.11 Å². The van der Waals surface area contributed by atoms with Crippen LogP contribution in [0.4, 0.5) is 0 Å². The predicted molar refractivity (Wildman–Crippen MR) is 76.0 cm³/mol. The highest BCUT2D eigenvalue weighted by Crippen LogP contribution is 2.53. The molecule has 0 amide bonds. The standard InChI is InChI=1S/C17H23NO/c1-2-14-15-9-18(10-16(14)15)11-17(19)7-12-5-3-4-6-13(12)8-17/h3-6,14-16,19H,2,7-11H2,1H3. The van der Waals surface area contributed by atoms with Crippen LogP contribution in [-0.4, -0.2) is 35.2 Å². The maximum absolute atomic E-state index is 10.9. The van der Waals surface area contributed by atoms with Gasteiger partial charge in [-0.15, -0.1) is 0 Å². The van der Waals surface area contributed by atoms with Gasteiger partial charge in [-0.3, -0.25) is 4.90 Å². The Labute approximate surface area is 115 Å². The van der Waals surface area contributed by atoms with Crippen LogP contribution in [0, 0.1) is 17.8 Å². The Kier molecular flexibility index (Phi) is 2.55. The molecule has 4 rings (SSSR count). The van der Waals surface area contributed by atoms with Gasteiger partial charge in [0.15, 0.2) is 0 Å². The van der Waals surface area contributed by atoms with Gasteiger partial charge in [-0.25, -0.2) is 0 Å². The van der Waals surface area contributed by atoms with Crippen LogP contribution in [0.5, 0.6) is 0 Å². The maximum Gasteiger partial charge on any atom is 0.0854 e. The van der Waals surface area contributed by atoms with Crippen molar-refractivity contribution in [3.8, 4) is 0 Å². The van der Waals surface area contributed by atoms with Crippen molar-refractivity contribution in [2.45, 2.75) is 31.8 Å². The largest absolute Gasteiger partial charge is 0.388 e. The number of piperidine rings is 1. The first kappa shape index (κ1) is 11.9. The van der Waals surface area contributed by atoms with Crippen LogP contribution >= 0.6 is 0 Å². The lowest BCUT2D eigenvalue weighted by molar-refractivity contribution is 0.0146. The normalized spacial score (nSPS) is 35.2. The fourth-order valence-electron chi connectivity index (χ4n) is 4.67. The first-order valence-electron chi connectivity index (χ1n) is 7.70. The SMILES string of the molecule is CCC1C2CN(CC3(O)Cc4ccccc4C3)CC12. The molecule has 1 heterocycles. The lowest BCUT2D eigenvalue weighted by atomic mass is 9.99. The molecule has 0 radical (unpaired) electrons. The van der Waals surface area contributed by atoms with E-state index in [1.165, 1.54) is 30.6 Å². The van der Waals surface area contributed by atoms with Crippen LogP contribution < -0.4 is 0 Å². The molecule has 19 heavy (non-hydrogen) atoms. The van der Waals surface area contributed by atoms with Crippen molar-refractivity contribution in [3.05, 3.63) is 35.4 Å². The minimum Gasteiger partial charge on any atom is -0.388 e. The quantitative estimate of drug-likeness (QED) is 0.896. The number of likely N-dealkylation sites (tertiary alicyclic amines) is 1. The second-order valence-electron chi connectivity index (χ2n) is 6.94. The van der Waals surface area contributed by atoms with Crippen molar-refractivity contribution in [2.24, 2.45) is 17.8 Å². The number of aliphatic hydroxyl groups is 1. The summed E-state index contributed by atoms with van der Waals surface area (Å²) in [6.45, 7) is 5.63. The van der Waals surface area contributed by atoms with Gasteiger partial charge >= 0.3 is 0 Å². The number of hydrogen-bond acceptors (Lipinski definition) is 2. The van der Waals surface area contributed by atoms with E-state index in [0.29, 0.717) is 0 Å². The Morgan fingerprint density at radius 1 is 1.16 bits per heavy atom. The summed E-state index contributed by atoms with van der Waals surface area (Å²) in [5.74, 6) is 2.88. The molecule has 2 nitrogen and oxygen atoms in total. The summed E-state index contributed by atoms with van der Waals surface area (Å²) in [6, 6.07) is 8.51. The summed E-state index contributed by atoms with van der Waals surface area (Å²) >= 11 is 0. The third kappa shape index (κ3) is 1.93. The topological polar surface area (TPSA) is 23.5 Å². The van der Waals surface area contributed by atoms with Crippen LogP contribution in [0.3, 0.4) is 0 Å². The number of rotatable bonds is 3. The van der Waals surface area contributed by atoms with Crippen molar-refractivity contribution in [1.29, 1.82) is 0 Å². The van der Waals surface area contributed by atoms with E-state index < -0.39 is 5.60 Å². The lowest BCUT2D eigenvalue weighted by Gasteiger charge is -2.30. The second kappa shape index (κ2) is 4.07. The molecule has 0 spiro atoms. The zero-order chi connectivity index (χ0) is 13.0. The van der Waals surface area contributed by atoms with E-state index in [0.717, 1.165) is 37.1 Å². The zero-order valence-electron chi connectivity index (χ0n) is 11.7. The number of fused-ring (bicyclic) bond motifs is 2. The maximum atomic E-state index is 10.9. The molecule has 1 saturated carbocycles. The minimum atomic E-state index is -0.512. The van der Waals surface area contributed by atoms with Crippen LogP contribution in [-0.2, 0) is 12.8 Å². The smallest absolute Gasteiger partial charge is 0.0854 e. The first-order valence-corrected chi connectivity index (χ1v) is 7.70. The minimum absolute atomic E-state index is 0.512. The Hall–Kier alpha value is -0.860. The summed E-state index contributed by atoms with van der Waals surface area (Å²) in [5.41, 5.74) is 2.18. The number of hydrogen-bond donors (Lipinski definition) is 1. The molecular weight excluding hydrogens is 234 g/mol. The van der Waals surface area contributed by atoms with Gasteiger partial charge in [-0.2, -0.15) is 0 Å². The van der Waals surface area contributed by atoms with E-state index in [1.807, 2.05) is 0 Å². The van der Waals surface area contributed by atoms with Crippen LogP contribution in [0.1, 0.15) is 24.5 Å². The highest BCUT2D eigenvalue weighted by Gasteiger charge is 2.55. The van der Waals surface area contributed by atoms with E-state index in [4.69, 9.17) is 0 Å². The summed E-state index contributed by atoms with van der Waals surface area (Å²) in [4.78, 5) is 2.51. The summed E-state index contributed by atoms with van der Waals surface area (Å²) in [6.07, 6.45) is 3.03. The lowest BCUT2D eigenvalue weighted by Crippen LogP contribution is -2.44. The van der Waals surface area contributed by atoms with Crippen molar-refractivity contribution < 1.29 is 5.11 Å². The predicted octanol–water partition coefficient (Wildman–Crippen LogP) is 2.10. The van der Waals surface area contributed by atoms with E-state index in [1.54, 1.807) is 0 Å². The summed E-state index contributed by atoms with van der Waals surface area (Å²) < 4.78 is 0. The Morgan fingerprint density at radius 3 is 2.26 bits per heavy atom. The molecule has 3 aliphatic rings. The molecule has 2 aliphatic carbocycles. The van der Waals surface area contributed by atoms with Crippen molar-refractivity contribution in [3.63, 3.8) is 0 Å². The molecule has 102 valence electrons. The molecule has 1 aromatic carbocycles. The Morgan fingerprint density at radius 2 is 1.74 bits per heavy atom. The van der Waals surface area contributed by atoms with Crippen molar-refractivity contribution in [1.82, 2.24) is 4.90 Å². The fourth-order valence-corrected chi connectivity index (χ4v) is 4.67. The molecule has 1 aliphatic heterocycles. The molecule has 2 unspecified atom stereocenters. The van der Waals surface area contributed by atoms with Gasteiger partial charge in [0.25, 0.3) is 0 Å². The number of β-amino-alcohol motifs (C(OH)–C–C–N with tert-alkyl or cyclic N) is 1. The zero-order valence-corrected chi connectivity index (χ0v) is 11.7. The highest BCUT2D eigenvalue weighted by atomic mass is 16.3. The molecular formula is C17H23NO.